The van der Waals surface area contributed by atoms with Crippen molar-refractivity contribution in [2.45, 2.75) is 26.3 Å². The number of hydrogen-bond acceptors (Lipinski definition) is 3. The zero-order chi connectivity index (χ0) is 13.8. The van der Waals surface area contributed by atoms with Gasteiger partial charge in [-0.3, -0.25) is 0 Å². The summed E-state index contributed by atoms with van der Waals surface area (Å²) in [4.78, 5) is 4.34. The molecule has 1 atom stereocenters. The third-order valence-electron chi connectivity index (χ3n) is 2.67. The maximum absolute atomic E-state index is 5.83. The maximum atomic E-state index is 5.83. The van der Waals surface area contributed by atoms with E-state index in [0.29, 0.717) is 10.9 Å². The zero-order valence-electron chi connectivity index (χ0n) is 11.1. The second kappa shape index (κ2) is 6.04. The third-order valence-corrected chi connectivity index (χ3v) is 2.92. The van der Waals surface area contributed by atoms with Crippen molar-refractivity contribution in [3.05, 3.63) is 52.7 Å². The van der Waals surface area contributed by atoms with E-state index in [1.54, 1.807) is 12.1 Å². The number of hydrogen-bond donors (Lipinski definition) is 1. The van der Waals surface area contributed by atoms with Gasteiger partial charge in [0.15, 0.2) is 0 Å². The summed E-state index contributed by atoms with van der Waals surface area (Å²) >= 11 is 5.83. The fraction of sp³-hybridized carbons (Fsp3) is 0.267. The topological polar surface area (TPSA) is 48.1 Å². The van der Waals surface area contributed by atoms with Gasteiger partial charge in [0.25, 0.3) is 0 Å². The van der Waals surface area contributed by atoms with Crippen LogP contribution in [0.4, 0.5) is 0 Å². The SMILES string of the molecule is Cc1cc(CC(C)N)cnc1Oc1ccc(Cl)cc1. The van der Waals surface area contributed by atoms with Crippen LogP contribution in [-0.2, 0) is 6.42 Å². The molecule has 1 heterocycles. The van der Waals surface area contributed by atoms with Crippen LogP contribution >= 0.6 is 11.6 Å². The molecule has 0 aliphatic carbocycles. The number of nitrogens with zero attached hydrogens (tertiary/aromatic N) is 1. The van der Waals surface area contributed by atoms with E-state index in [4.69, 9.17) is 22.1 Å². The molecule has 0 amide bonds. The predicted molar refractivity (Wildman–Crippen MR) is 77.9 cm³/mol. The summed E-state index contributed by atoms with van der Waals surface area (Å²) in [6.45, 7) is 3.95. The molecule has 19 heavy (non-hydrogen) atoms. The molecule has 0 bridgehead atoms. The summed E-state index contributed by atoms with van der Waals surface area (Å²) in [5, 5.41) is 0.685. The van der Waals surface area contributed by atoms with E-state index < -0.39 is 0 Å². The van der Waals surface area contributed by atoms with Crippen LogP contribution < -0.4 is 10.5 Å². The standard InChI is InChI=1S/C15H17ClN2O/c1-10-7-12(8-11(2)17)9-18-15(10)19-14-5-3-13(16)4-6-14/h3-7,9,11H,8,17H2,1-2H3. The van der Waals surface area contributed by atoms with E-state index in [1.807, 2.05) is 32.2 Å². The normalized spacial score (nSPS) is 12.2. The van der Waals surface area contributed by atoms with Crippen LogP contribution in [0, 0.1) is 6.92 Å². The van der Waals surface area contributed by atoms with Crippen LogP contribution in [0.25, 0.3) is 0 Å². The van der Waals surface area contributed by atoms with E-state index in [2.05, 4.69) is 11.1 Å². The van der Waals surface area contributed by atoms with Gasteiger partial charge in [-0.2, -0.15) is 0 Å². The summed E-state index contributed by atoms with van der Waals surface area (Å²) in [7, 11) is 0. The first-order valence-corrected chi connectivity index (χ1v) is 6.57. The molecule has 3 nitrogen and oxygen atoms in total. The first-order valence-electron chi connectivity index (χ1n) is 6.19. The lowest BCUT2D eigenvalue weighted by atomic mass is 10.1. The number of aryl methyl sites for hydroxylation is 1. The Labute approximate surface area is 118 Å². The molecule has 2 aromatic rings. The second-order valence-electron chi connectivity index (χ2n) is 4.70. The smallest absolute Gasteiger partial charge is 0.222 e. The molecule has 1 aromatic carbocycles. The molecule has 2 N–H and O–H groups in total. The van der Waals surface area contributed by atoms with Gasteiger partial charge in [-0.25, -0.2) is 4.98 Å². The molecule has 0 radical (unpaired) electrons. The number of aromatic nitrogens is 1. The minimum absolute atomic E-state index is 0.129. The molecular weight excluding hydrogens is 260 g/mol. The third kappa shape index (κ3) is 3.94. The van der Waals surface area contributed by atoms with Crippen molar-refractivity contribution in [2.75, 3.05) is 0 Å². The number of pyridine rings is 1. The first-order chi connectivity index (χ1) is 9.04. The van der Waals surface area contributed by atoms with Crippen molar-refractivity contribution in [2.24, 2.45) is 5.73 Å². The lowest BCUT2D eigenvalue weighted by molar-refractivity contribution is 0.458. The zero-order valence-corrected chi connectivity index (χ0v) is 11.8. The molecule has 1 unspecified atom stereocenters. The molecule has 4 heteroatoms. The second-order valence-corrected chi connectivity index (χ2v) is 5.14. The van der Waals surface area contributed by atoms with E-state index in [-0.39, 0.29) is 6.04 Å². The van der Waals surface area contributed by atoms with E-state index in [0.717, 1.165) is 23.3 Å². The molecule has 1 aromatic heterocycles. The minimum Gasteiger partial charge on any atom is -0.439 e. The van der Waals surface area contributed by atoms with Crippen molar-refractivity contribution in [3.63, 3.8) is 0 Å². The van der Waals surface area contributed by atoms with E-state index >= 15 is 0 Å². The lowest BCUT2D eigenvalue weighted by Gasteiger charge is -2.10. The van der Waals surface area contributed by atoms with Crippen molar-refractivity contribution < 1.29 is 4.74 Å². The minimum atomic E-state index is 0.129. The van der Waals surface area contributed by atoms with Crippen LogP contribution in [-0.4, -0.2) is 11.0 Å². The summed E-state index contributed by atoms with van der Waals surface area (Å²) in [5.74, 6) is 1.33. The molecule has 0 aliphatic heterocycles. The van der Waals surface area contributed by atoms with Crippen molar-refractivity contribution in [1.29, 1.82) is 0 Å². The first kappa shape index (κ1) is 13.8. The fourth-order valence-electron chi connectivity index (χ4n) is 1.82. The van der Waals surface area contributed by atoms with Gasteiger partial charge in [0, 0.05) is 22.8 Å². The van der Waals surface area contributed by atoms with Crippen molar-refractivity contribution in [3.8, 4) is 11.6 Å². The van der Waals surface area contributed by atoms with Gasteiger partial charge >= 0.3 is 0 Å². The number of rotatable bonds is 4. The van der Waals surface area contributed by atoms with Crippen LogP contribution in [0.15, 0.2) is 36.5 Å². The molecule has 2 rings (SSSR count). The average Bonchev–Trinajstić information content (AvgIpc) is 2.34. The van der Waals surface area contributed by atoms with E-state index in [1.165, 1.54) is 0 Å². The summed E-state index contributed by atoms with van der Waals surface area (Å²) in [6.07, 6.45) is 2.62. The Morgan fingerprint density at radius 3 is 2.58 bits per heavy atom. The fourth-order valence-corrected chi connectivity index (χ4v) is 1.95. The molecular formula is C15H17ClN2O. The Kier molecular flexibility index (Phi) is 4.40. The van der Waals surface area contributed by atoms with Crippen LogP contribution in [0.3, 0.4) is 0 Å². The largest absolute Gasteiger partial charge is 0.439 e. The monoisotopic (exact) mass is 276 g/mol. The quantitative estimate of drug-likeness (QED) is 0.926. The van der Waals surface area contributed by atoms with Crippen molar-refractivity contribution >= 4 is 11.6 Å². The lowest BCUT2D eigenvalue weighted by Crippen LogP contribution is -2.17. The highest BCUT2D eigenvalue weighted by Crippen LogP contribution is 2.24. The molecule has 0 saturated carbocycles. The Hall–Kier alpha value is -1.58. The Morgan fingerprint density at radius 2 is 2.00 bits per heavy atom. The highest BCUT2D eigenvalue weighted by molar-refractivity contribution is 6.30. The van der Waals surface area contributed by atoms with Gasteiger partial charge < -0.3 is 10.5 Å². The summed E-state index contributed by atoms with van der Waals surface area (Å²) in [5.41, 5.74) is 7.89. The molecule has 0 aliphatic rings. The Bertz CT molecular complexity index is 553. The van der Waals surface area contributed by atoms with E-state index in [9.17, 15) is 0 Å². The van der Waals surface area contributed by atoms with Gasteiger partial charge in [-0.05, 0) is 56.2 Å². The Morgan fingerprint density at radius 1 is 1.32 bits per heavy atom. The van der Waals surface area contributed by atoms with Gasteiger partial charge in [-0.15, -0.1) is 0 Å². The van der Waals surface area contributed by atoms with Gasteiger partial charge in [-0.1, -0.05) is 11.6 Å². The molecule has 0 spiro atoms. The molecule has 100 valence electrons. The number of nitrogens with two attached hydrogens (primary N) is 1. The van der Waals surface area contributed by atoms with Gasteiger partial charge in [0.2, 0.25) is 5.88 Å². The number of halogens is 1. The van der Waals surface area contributed by atoms with Crippen LogP contribution in [0.1, 0.15) is 18.1 Å². The van der Waals surface area contributed by atoms with Gasteiger partial charge in [0.05, 0.1) is 0 Å². The number of ether oxygens (including phenoxy) is 1. The van der Waals surface area contributed by atoms with Crippen LogP contribution in [0.2, 0.25) is 5.02 Å². The van der Waals surface area contributed by atoms with Gasteiger partial charge in [0.1, 0.15) is 5.75 Å². The maximum Gasteiger partial charge on any atom is 0.222 e. The summed E-state index contributed by atoms with van der Waals surface area (Å²) < 4.78 is 5.72. The average molecular weight is 277 g/mol. The Balaban J connectivity index is 2.15. The van der Waals surface area contributed by atoms with Crippen LogP contribution in [0.5, 0.6) is 11.6 Å². The highest BCUT2D eigenvalue weighted by Gasteiger charge is 2.06. The molecule has 0 saturated heterocycles. The predicted octanol–water partition coefficient (Wildman–Crippen LogP) is 3.73. The van der Waals surface area contributed by atoms with Crippen molar-refractivity contribution in [1.82, 2.24) is 4.98 Å². The summed E-state index contributed by atoms with van der Waals surface area (Å²) in [6, 6.07) is 9.40. The number of benzene rings is 1. The highest BCUT2D eigenvalue weighted by atomic mass is 35.5. The molecule has 0 fully saturated rings.